The van der Waals surface area contributed by atoms with Gasteiger partial charge in [0.1, 0.15) is 34.6 Å². The van der Waals surface area contributed by atoms with E-state index in [0.29, 0.717) is 69.3 Å². The number of benzene rings is 2. The molecule has 0 saturated carbocycles. The molecule has 0 atom stereocenters. The molecular weight excluding hydrogens is 778 g/mol. The molecule has 4 aromatic rings. The third kappa shape index (κ3) is 9.34. The number of halogens is 4. The van der Waals surface area contributed by atoms with Crippen LogP contribution in [0.4, 0.5) is 23.0 Å². The topological polar surface area (TPSA) is 130 Å². The zero-order valence-electron chi connectivity index (χ0n) is 31.3. The number of piperazine rings is 2. The first-order valence-corrected chi connectivity index (χ1v) is 18.8. The lowest BCUT2D eigenvalue weighted by molar-refractivity contribution is -0.133. The third-order valence-electron chi connectivity index (χ3n) is 9.53. The normalized spacial score (nSPS) is 14.5. The van der Waals surface area contributed by atoms with E-state index in [1.165, 1.54) is 0 Å². The van der Waals surface area contributed by atoms with E-state index in [-0.39, 0.29) is 30.7 Å². The van der Waals surface area contributed by atoms with Crippen LogP contribution < -0.4 is 29.9 Å². The molecule has 2 amide bonds. The predicted octanol–water partition coefficient (Wildman–Crippen LogP) is 5.36. The lowest BCUT2D eigenvalue weighted by atomic mass is 10.2. The first-order valence-electron chi connectivity index (χ1n) is 17.3. The fraction of sp³-hybridized carbons (Fsp3) is 0.444. The number of rotatable bonds is 9. The minimum atomic E-state index is 0.000559. The third-order valence-corrected chi connectivity index (χ3v) is 11.1. The van der Waals surface area contributed by atoms with Gasteiger partial charge in [-0.05, 0) is 38.1 Å². The lowest BCUT2D eigenvalue weighted by Crippen LogP contribution is -2.49. The number of hydrogen-bond acceptors (Lipinski definition) is 10. The van der Waals surface area contributed by atoms with Gasteiger partial charge in [-0.3, -0.25) is 19.0 Å². The number of aromatic nitrogens is 4. The van der Waals surface area contributed by atoms with Crippen LogP contribution in [0.25, 0.3) is 0 Å². The minimum absolute atomic E-state index is 0.000559. The number of amides is 2. The van der Waals surface area contributed by atoms with Crippen molar-refractivity contribution in [3.8, 4) is 11.5 Å². The maximum Gasteiger partial charge on any atom is 0.244 e. The summed E-state index contributed by atoms with van der Waals surface area (Å²) in [6.45, 7) is 9.53. The number of hydrogen-bond donors (Lipinski definition) is 1. The van der Waals surface area contributed by atoms with E-state index < -0.39 is 0 Å². The van der Waals surface area contributed by atoms with Crippen LogP contribution >= 0.6 is 46.4 Å². The monoisotopic (exact) mass is 822 g/mol. The van der Waals surface area contributed by atoms with E-state index in [1.807, 2.05) is 72.1 Å². The molecule has 4 heterocycles. The number of nitrogen functional groups attached to an aromatic ring is 1. The van der Waals surface area contributed by atoms with Crippen molar-refractivity contribution in [3.05, 3.63) is 67.9 Å². The fourth-order valence-electron chi connectivity index (χ4n) is 6.22. The van der Waals surface area contributed by atoms with Crippen LogP contribution in [-0.4, -0.2) is 122 Å². The van der Waals surface area contributed by atoms with E-state index >= 15 is 0 Å². The van der Waals surface area contributed by atoms with Gasteiger partial charge in [0.2, 0.25) is 11.8 Å². The Balaban J connectivity index is 0.000000208. The number of anilines is 4. The average Bonchev–Trinajstić information content (AvgIpc) is 3.59. The number of nitrogens with two attached hydrogens (primary N) is 1. The van der Waals surface area contributed by atoms with Crippen molar-refractivity contribution in [2.75, 3.05) is 101 Å². The Bertz CT molecular complexity index is 1950. The van der Waals surface area contributed by atoms with E-state index in [4.69, 9.17) is 61.6 Å². The van der Waals surface area contributed by atoms with Crippen LogP contribution in [-0.2, 0) is 22.7 Å². The summed E-state index contributed by atoms with van der Waals surface area (Å²) in [7, 11) is 6.96. The molecule has 2 aliphatic heterocycles. The SMILES string of the molecule is COc1cc(N2CCN(C(=O)Cn3nc(N(C)C)c(Cl)c3C)CC2)ccc1Cl.COc1cc(N2CCN(C(=O)Cn3nc(N)c(Cl)c3C)CC2)ccc1Cl. The molecule has 2 aromatic heterocycles. The van der Waals surface area contributed by atoms with Gasteiger partial charge < -0.3 is 39.7 Å². The van der Waals surface area contributed by atoms with Crippen molar-refractivity contribution < 1.29 is 19.1 Å². The summed E-state index contributed by atoms with van der Waals surface area (Å²) < 4.78 is 13.8. The van der Waals surface area contributed by atoms with Gasteiger partial charge in [-0.25, -0.2) is 0 Å². The summed E-state index contributed by atoms with van der Waals surface area (Å²) in [4.78, 5) is 35.3. The second kappa shape index (κ2) is 17.9. The highest BCUT2D eigenvalue weighted by Gasteiger charge is 2.25. The highest BCUT2D eigenvalue weighted by molar-refractivity contribution is 6.34. The maximum atomic E-state index is 12.8. The van der Waals surface area contributed by atoms with Gasteiger partial charge in [-0.2, -0.15) is 10.2 Å². The van der Waals surface area contributed by atoms with Crippen LogP contribution in [0.2, 0.25) is 20.1 Å². The molecule has 2 N–H and O–H groups in total. The molecule has 18 heteroatoms. The Morgan fingerprint density at radius 3 is 1.44 bits per heavy atom. The zero-order valence-corrected chi connectivity index (χ0v) is 34.3. The van der Waals surface area contributed by atoms with E-state index in [0.717, 1.165) is 43.2 Å². The van der Waals surface area contributed by atoms with Crippen LogP contribution in [0.15, 0.2) is 36.4 Å². The quantitative estimate of drug-likeness (QED) is 0.236. The van der Waals surface area contributed by atoms with Crippen molar-refractivity contribution in [3.63, 3.8) is 0 Å². The second-order valence-electron chi connectivity index (χ2n) is 13.1. The molecule has 14 nitrogen and oxygen atoms in total. The Morgan fingerprint density at radius 2 is 1.09 bits per heavy atom. The largest absolute Gasteiger partial charge is 0.495 e. The standard InChI is InChI=1S/C19H25Cl2N5O2.C17H21Cl2N5O2/c1-13-18(21)19(23(2)3)22-26(13)12-17(27)25-9-7-24(8-10-25)14-5-6-15(20)16(11-14)28-4;1-11-16(19)17(20)21-24(11)10-15(25)23-7-5-22(6-8-23)12-3-4-13(18)14(9-12)26-2/h5-6,11H,7-10,12H2,1-4H3;3-4,9H,5-8,10H2,1-2H3,(H2,20,21). The molecule has 292 valence electrons. The average molecular weight is 825 g/mol. The van der Waals surface area contributed by atoms with Crippen molar-refractivity contribution in [1.82, 2.24) is 29.4 Å². The highest BCUT2D eigenvalue weighted by Crippen LogP contribution is 2.32. The van der Waals surface area contributed by atoms with Crippen LogP contribution in [0.3, 0.4) is 0 Å². The minimum Gasteiger partial charge on any atom is -0.495 e. The van der Waals surface area contributed by atoms with Gasteiger partial charge in [0.05, 0.1) is 35.7 Å². The summed E-state index contributed by atoms with van der Waals surface area (Å²) in [6.07, 6.45) is 0. The Kier molecular flexibility index (Phi) is 13.6. The molecule has 0 bridgehead atoms. The number of nitrogens with zero attached hydrogens (tertiary/aromatic N) is 9. The Labute approximate surface area is 335 Å². The van der Waals surface area contributed by atoms with Gasteiger partial charge in [-0.1, -0.05) is 46.4 Å². The van der Waals surface area contributed by atoms with Gasteiger partial charge in [0.15, 0.2) is 11.6 Å². The van der Waals surface area contributed by atoms with E-state index in [9.17, 15) is 9.59 Å². The van der Waals surface area contributed by atoms with Crippen molar-refractivity contribution in [2.45, 2.75) is 26.9 Å². The van der Waals surface area contributed by atoms with Gasteiger partial charge in [-0.15, -0.1) is 0 Å². The highest BCUT2D eigenvalue weighted by atomic mass is 35.5. The first-order chi connectivity index (χ1) is 25.7. The molecule has 0 radical (unpaired) electrons. The number of carbonyl (C=O) groups excluding carboxylic acids is 2. The van der Waals surface area contributed by atoms with E-state index in [1.54, 1.807) is 30.5 Å². The molecule has 0 spiro atoms. The van der Waals surface area contributed by atoms with Gasteiger partial charge in [0, 0.05) is 90.0 Å². The molecule has 2 aliphatic rings. The number of carbonyl (C=O) groups is 2. The Morgan fingerprint density at radius 1 is 0.685 bits per heavy atom. The summed E-state index contributed by atoms with van der Waals surface area (Å²) in [5.41, 5.74) is 9.26. The van der Waals surface area contributed by atoms with Crippen LogP contribution in [0.5, 0.6) is 11.5 Å². The number of ether oxygens (including phenoxy) is 2. The summed E-state index contributed by atoms with van der Waals surface area (Å²) >= 11 is 24.5. The molecule has 6 rings (SSSR count). The van der Waals surface area contributed by atoms with Crippen molar-refractivity contribution in [1.29, 1.82) is 0 Å². The van der Waals surface area contributed by atoms with Crippen molar-refractivity contribution >= 4 is 81.2 Å². The zero-order chi connectivity index (χ0) is 39.3. The van der Waals surface area contributed by atoms with E-state index in [2.05, 4.69) is 20.0 Å². The summed E-state index contributed by atoms with van der Waals surface area (Å²) in [5, 5.41) is 10.7. The molecule has 2 fully saturated rings. The molecule has 0 aliphatic carbocycles. The second-order valence-corrected chi connectivity index (χ2v) is 14.7. The summed E-state index contributed by atoms with van der Waals surface area (Å²) in [6, 6.07) is 11.4. The van der Waals surface area contributed by atoms with Gasteiger partial charge in [0.25, 0.3) is 0 Å². The maximum absolute atomic E-state index is 12.8. The molecule has 0 unspecified atom stereocenters. The first kappa shape index (κ1) is 40.9. The molecule has 2 saturated heterocycles. The molecule has 2 aromatic carbocycles. The number of methoxy groups -OCH3 is 2. The lowest BCUT2D eigenvalue weighted by Gasteiger charge is -2.36. The van der Waals surface area contributed by atoms with Crippen LogP contribution in [0, 0.1) is 13.8 Å². The predicted molar refractivity (Wildman–Crippen MR) is 216 cm³/mol. The molecule has 54 heavy (non-hydrogen) atoms. The van der Waals surface area contributed by atoms with Crippen LogP contribution in [0.1, 0.15) is 11.4 Å². The van der Waals surface area contributed by atoms with Gasteiger partial charge >= 0.3 is 0 Å². The molecular formula is C36H46Cl4N10O4. The Hall–Kier alpha value is -4.24. The fourth-order valence-corrected chi connectivity index (χ4v) is 7.05. The van der Waals surface area contributed by atoms with Crippen molar-refractivity contribution in [2.24, 2.45) is 0 Å². The summed E-state index contributed by atoms with van der Waals surface area (Å²) in [5.74, 6) is 2.26. The smallest absolute Gasteiger partial charge is 0.244 e.